The zero-order valence-electron chi connectivity index (χ0n) is 16.0. The van der Waals surface area contributed by atoms with Crippen molar-refractivity contribution in [2.75, 3.05) is 13.2 Å². The van der Waals surface area contributed by atoms with E-state index in [1.54, 1.807) is 6.92 Å². The zero-order valence-corrected chi connectivity index (χ0v) is 16.0. The molecule has 0 fully saturated rings. The molecular formula is C23H25NO3. The van der Waals surface area contributed by atoms with Crippen molar-refractivity contribution in [2.45, 2.75) is 26.9 Å². The Kier molecular flexibility index (Phi) is 5.97. The van der Waals surface area contributed by atoms with E-state index in [2.05, 4.69) is 11.4 Å². The van der Waals surface area contributed by atoms with E-state index in [1.165, 1.54) is 0 Å². The number of nitrogens with one attached hydrogen (secondary N) is 1. The Morgan fingerprint density at radius 2 is 1.78 bits per heavy atom. The minimum absolute atomic E-state index is 0.160. The first-order valence-electron chi connectivity index (χ1n) is 9.16. The maximum absolute atomic E-state index is 12.3. The summed E-state index contributed by atoms with van der Waals surface area (Å²) in [7, 11) is 0. The molecule has 0 aliphatic rings. The Morgan fingerprint density at radius 3 is 2.59 bits per heavy atom. The molecule has 0 aliphatic heterocycles. The molecule has 0 saturated carbocycles. The molecule has 1 atom stereocenters. The maximum Gasteiger partial charge on any atom is 0.260 e. The molecule has 1 amide bonds. The standard InChI is InChI=1S/C23H25NO3/c1-16-8-9-17(2)22(14-16)26-13-12-24-23(25)18(3)27-21-11-10-19-6-4-5-7-20(19)15-21/h4-11,14-15,18H,12-13H2,1-3H3,(H,24,25)/t18-/m0/s1. The van der Waals surface area contributed by atoms with Gasteiger partial charge in [-0.15, -0.1) is 0 Å². The summed E-state index contributed by atoms with van der Waals surface area (Å²) in [6, 6.07) is 20.0. The normalized spacial score (nSPS) is 11.8. The third-order valence-electron chi connectivity index (χ3n) is 4.41. The van der Waals surface area contributed by atoms with Crippen molar-refractivity contribution in [2.24, 2.45) is 0 Å². The first kappa shape index (κ1) is 18.8. The summed E-state index contributed by atoms with van der Waals surface area (Å²) in [6.45, 7) is 6.62. The number of ether oxygens (including phenoxy) is 2. The van der Waals surface area contributed by atoms with Crippen LogP contribution < -0.4 is 14.8 Å². The third kappa shape index (κ3) is 5.00. The van der Waals surface area contributed by atoms with Gasteiger partial charge < -0.3 is 14.8 Å². The smallest absolute Gasteiger partial charge is 0.260 e. The fourth-order valence-corrected chi connectivity index (χ4v) is 2.84. The average Bonchev–Trinajstić information content (AvgIpc) is 2.67. The van der Waals surface area contributed by atoms with E-state index in [4.69, 9.17) is 9.47 Å². The molecule has 0 aromatic heterocycles. The number of benzene rings is 3. The molecule has 0 aliphatic carbocycles. The molecule has 3 aromatic carbocycles. The molecule has 4 heteroatoms. The van der Waals surface area contributed by atoms with Gasteiger partial charge in [0.15, 0.2) is 6.10 Å². The molecule has 0 radical (unpaired) electrons. The van der Waals surface area contributed by atoms with Crippen LogP contribution in [0.5, 0.6) is 11.5 Å². The summed E-state index contributed by atoms with van der Waals surface area (Å²) in [5, 5.41) is 5.09. The van der Waals surface area contributed by atoms with E-state index in [0.717, 1.165) is 27.6 Å². The lowest BCUT2D eigenvalue weighted by Crippen LogP contribution is -2.38. The maximum atomic E-state index is 12.3. The first-order chi connectivity index (χ1) is 13.0. The second-order valence-corrected chi connectivity index (χ2v) is 6.68. The first-order valence-corrected chi connectivity index (χ1v) is 9.16. The van der Waals surface area contributed by atoms with Crippen LogP contribution in [0.15, 0.2) is 60.7 Å². The SMILES string of the molecule is Cc1ccc(C)c(OCCNC(=O)[C@H](C)Oc2ccc3ccccc3c2)c1. The topological polar surface area (TPSA) is 47.6 Å². The van der Waals surface area contributed by atoms with Gasteiger partial charge in [-0.2, -0.15) is 0 Å². The Labute approximate surface area is 160 Å². The van der Waals surface area contributed by atoms with Crippen molar-refractivity contribution in [3.63, 3.8) is 0 Å². The van der Waals surface area contributed by atoms with E-state index < -0.39 is 6.10 Å². The van der Waals surface area contributed by atoms with Gasteiger partial charge in [-0.25, -0.2) is 0 Å². The van der Waals surface area contributed by atoms with Gasteiger partial charge in [0.05, 0.1) is 6.54 Å². The second-order valence-electron chi connectivity index (χ2n) is 6.68. The molecule has 3 rings (SSSR count). The molecule has 0 spiro atoms. The number of rotatable bonds is 7. The van der Waals surface area contributed by atoms with Gasteiger partial charge >= 0.3 is 0 Å². The summed E-state index contributed by atoms with van der Waals surface area (Å²) in [6.07, 6.45) is -0.577. The van der Waals surface area contributed by atoms with Crippen LogP contribution in [-0.2, 0) is 4.79 Å². The number of fused-ring (bicyclic) bond motifs is 1. The second kappa shape index (κ2) is 8.58. The average molecular weight is 363 g/mol. The van der Waals surface area contributed by atoms with Crippen LogP contribution in [0.3, 0.4) is 0 Å². The summed E-state index contributed by atoms with van der Waals surface area (Å²) in [5.41, 5.74) is 2.23. The largest absolute Gasteiger partial charge is 0.491 e. The minimum atomic E-state index is -0.577. The number of hydrogen-bond donors (Lipinski definition) is 1. The van der Waals surface area contributed by atoms with Gasteiger partial charge in [-0.1, -0.05) is 42.5 Å². The molecule has 0 heterocycles. The van der Waals surface area contributed by atoms with Crippen molar-refractivity contribution in [1.82, 2.24) is 5.32 Å². The van der Waals surface area contributed by atoms with Crippen LogP contribution in [0.1, 0.15) is 18.1 Å². The fraction of sp³-hybridized carbons (Fsp3) is 0.261. The fourth-order valence-electron chi connectivity index (χ4n) is 2.84. The molecule has 0 saturated heterocycles. The molecule has 140 valence electrons. The lowest BCUT2D eigenvalue weighted by molar-refractivity contribution is -0.127. The number of hydrogen-bond acceptors (Lipinski definition) is 3. The van der Waals surface area contributed by atoms with Crippen molar-refractivity contribution in [3.8, 4) is 11.5 Å². The third-order valence-corrected chi connectivity index (χ3v) is 4.41. The molecule has 27 heavy (non-hydrogen) atoms. The Morgan fingerprint density at radius 1 is 1.00 bits per heavy atom. The van der Waals surface area contributed by atoms with Crippen LogP contribution in [0, 0.1) is 13.8 Å². The monoisotopic (exact) mass is 363 g/mol. The number of amides is 1. The molecule has 0 unspecified atom stereocenters. The van der Waals surface area contributed by atoms with Gasteiger partial charge in [0.2, 0.25) is 0 Å². The number of carbonyl (C=O) groups is 1. The van der Waals surface area contributed by atoms with Crippen LogP contribution in [0.25, 0.3) is 10.8 Å². The summed E-state index contributed by atoms with van der Waals surface area (Å²) in [4.78, 5) is 12.3. The van der Waals surface area contributed by atoms with Crippen molar-refractivity contribution in [1.29, 1.82) is 0 Å². The molecule has 0 bridgehead atoms. The van der Waals surface area contributed by atoms with Gasteiger partial charge in [0.25, 0.3) is 5.91 Å². The van der Waals surface area contributed by atoms with Gasteiger partial charge in [0, 0.05) is 0 Å². The highest BCUT2D eigenvalue weighted by molar-refractivity contribution is 5.84. The van der Waals surface area contributed by atoms with Gasteiger partial charge in [-0.05, 0) is 60.9 Å². The quantitative estimate of drug-likeness (QED) is 0.632. The van der Waals surface area contributed by atoms with E-state index in [1.807, 2.05) is 68.4 Å². The molecule has 1 N–H and O–H groups in total. The summed E-state index contributed by atoms with van der Waals surface area (Å²) >= 11 is 0. The Bertz CT molecular complexity index is 936. The predicted octanol–water partition coefficient (Wildman–Crippen LogP) is 4.42. The van der Waals surface area contributed by atoms with Gasteiger partial charge in [-0.3, -0.25) is 4.79 Å². The highest BCUT2D eigenvalue weighted by Gasteiger charge is 2.14. The summed E-state index contributed by atoms with van der Waals surface area (Å²) < 4.78 is 11.5. The van der Waals surface area contributed by atoms with Crippen molar-refractivity contribution >= 4 is 16.7 Å². The van der Waals surface area contributed by atoms with Crippen LogP contribution in [-0.4, -0.2) is 25.2 Å². The van der Waals surface area contributed by atoms with Crippen LogP contribution >= 0.6 is 0 Å². The van der Waals surface area contributed by atoms with E-state index >= 15 is 0 Å². The molecular weight excluding hydrogens is 338 g/mol. The number of carbonyl (C=O) groups excluding carboxylic acids is 1. The van der Waals surface area contributed by atoms with E-state index in [9.17, 15) is 4.79 Å². The highest BCUT2D eigenvalue weighted by Crippen LogP contribution is 2.21. The lowest BCUT2D eigenvalue weighted by Gasteiger charge is -2.16. The number of aryl methyl sites for hydroxylation is 2. The zero-order chi connectivity index (χ0) is 19.2. The van der Waals surface area contributed by atoms with E-state index in [0.29, 0.717) is 18.9 Å². The lowest BCUT2D eigenvalue weighted by atomic mass is 10.1. The van der Waals surface area contributed by atoms with Crippen LogP contribution in [0.4, 0.5) is 0 Å². The minimum Gasteiger partial charge on any atom is -0.491 e. The van der Waals surface area contributed by atoms with Crippen LogP contribution in [0.2, 0.25) is 0 Å². The Hall–Kier alpha value is -3.01. The highest BCUT2D eigenvalue weighted by atomic mass is 16.5. The van der Waals surface area contributed by atoms with Gasteiger partial charge in [0.1, 0.15) is 18.1 Å². The summed E-state index contributed by atoms with van der Waals surface area (Å²) in [5.74, 6) is 1.38. The predicted molar refractivity (Wildman–Crippen MR) is 108 cm³/mol. The van der Waals surface area contributed by atoms with Crippen molar-refractivity contribution < 1.29 is 14.3 Å². The van der Waals surface area contributed by atoms with Crippen molar-refractivity contribution in [3.05, 3.63) is 71.8 Å². The molecule has 4 nitrogen and oxygen atoms in total. The molecule has 3 aromatic rings. The Balaban J connectivity index is 1.47. The van der Waals surface area contributed by atoms with E-state index in [-0.39, 0.29) is 5.91 Å².